The molecule has 0 unspecified atom stereocenters. The number of thiophene rings is 1. The molecule has 0 radical (unpaired) electrons. The smallest absolute Gasteiger partial charge is 0.291 e. The monoisotopic (exact) mass is 457 g/mol. The molecular weight excluding hydrogens is 430 g/mol. The fourth-order valence-electron chi connectivity index (χ4n) is 4.10. The second-order valence-corrected chi connectivity index (χ2v) is 9.22. The van der Waals surface area contributed by atoms with E-state index in [1.54, 1.807) is 23.5 Å². The average molecular weight is 458 g/mol. The molecule has 1 amide bonds. The summed E-state index contributed by atoms with van der Waals surface area (Å²) in [4.78, 5) is 18.9. The molecular formula is C24H28ClN3O2S. The number of amides is 1. The number of hydrogen-bond acceptors (Lipinski definition) is 5. The van der Waals surface area contributed by atoms with E-state index in [4.69, 9.17) is 16.0 Å². The SMILES string of the molecule is CCc1cc([C@H](c2ccccc2Cl)N2CCN(CC)CC2)c(NC(=O)c2ccco2)s1. The minimum absolute atomic E-state index is 0.0174. The number of carbonyl (C=O) groups is 1. The quantitative estimate of drug-likeness (QED) is 0.506. The Kier molecular flexibility index (Phi) is 7.13. The zero-order valence-corrected chi connectivity index (χ0v) is 19.5. The first-order valence-electron chi connectivity index (χ1n) is 10.8. The number of nitrogens with one attached hydrogen (secondary N) is 1. The van der Waals surface area contributed by atoms with Crippen LogP contribution in [0.15, 0.2) is 53.1 Å². The van der Waals surface area contributed by atoms with Gasteiger partial charge in [-0.25, -0.2) is 0 Å². The van der Waals surface area contributed by atoms with Gasteiger partial charge < -0.3 is 14.6 Å². The molecule has 1 aromatic carbocycles. The van der Waals surface area contributed by atoms with E-state index in [1.807, 2.05) is 18.2 Å². The van der Waals surface area contributed by atoms with Crippen LogP contribution >= 0.6 is 22.9 Å². The van der Waals surface area contributed by atoms with Gasteiger partial charge >= 0.3 is 0 Å². The van der Waals surface area contributed by atoms with Gasteiger partial charge in [0, 0.05) is 41.6 Å². The van der Waals surface area contributed by atoms with Crippen LogP contribution in [0.25, 0.3) is 0 Å². The molecule has 1 aliphatic rings. The third-order valence-corrected chi connectivity index (χ3v) is 7.40. The molecule has 1 aliphatic heterocycles. The van der Waals surface area contributed by atoms with Crippen molar-refractivity contribution in [1.82, 2.24) is 9.80 Å². The van der Waals surface area contributed by atoms with Crippen molar-refractivity contribution in [3.05, 3.63) is 75.5 Å². The number of carbonyl (C=O) groups excluding carboxylic acids is 1. The Morgan fingerprint density at radius 3 is 2.55 bits per heavy atom. The first-order chi connectivity index (χ1) is 15.1. The summed E-state index contributed by atoms with van der Waals surface area (Å²) in [6.07, 6.45) is 2.43. The summed E-state index contributed by atoms with van der Waals surface area (Å²) in [5.41, 5.74) is 2.17. The Morgan fingerprint density at radius 1 is 1.13 bits per heavy atom. The molecule has 0 aliphatic carbocycles. The summed E-state index contributed by atoms with van der Waals surface area (Å²) >= 11 is 8.32. The lowest BCUT2D eigenvalue weighted by Crippen LogP contribution is -2.47. The molecule has 3 heterocycles. The van der Waals surface area contributed by atoms with Gasteiger partial charge in [0.25, 0.3) is 5.91 Å². The molecule has 31 heavy (non-hydrogen) atoms. The van der Waals surface area contributed by atoms with Crippen molar-refractivity contribution in [2.75, 3.05) is 38.0 Å². The van der Waals surface area contributed by atoms with Crippen LogP contribution in [0.1, 0.15) is 46.4 Å². The Balaban J connectivity index is 1.73. The number of likely N-dealkylation sites (N-methyl/N-ethyl adjacent to an activating group) is 1. The van der Waals surface area contributed by atoms with Crippen LogP contribution in [0, 0.1) is 0 Å². The van der Waals surface area contributed by atoms with Crippen LogP contribution in [0.3, 0.4) is 0 Å². The number of nitrogens with zero attached hydrogens (tertiary/aromatic N) is 2. The normalized spacial score (nSPS) is 16.4. The average Bonchev–Trinajstić information content (AvgIpc) is 3.46. The topological polar surface area (TPSA) is 48.7 Å². The van der Waals surface area contributed by atoms with Crippen molar-refractivity contribution in [2.45, 2.75) is 26.3 Å². The van der Waals surface area contributed by atoms with E-state index < -0.39 is 0 Å². The van der Waals surface area contributed by atoms with Gasteiger partial charge in [-0.2, -0.15) is 0 Å². The van der Waals surface area contributed by atoms with E-state index in [9.17, 15) is 4.79 Å². The largest absolute Gasteiger partial charge is 0.459 e. The van der Waals surface area contributed by atoms with Gasteiger partial charge in [-0.15, -0.1) is 11.3 Å². The maximum absolute atomic E-state index is 12.8. The standard InChI is InChI=1S/C24H28ClN3O2S/c1-3-17-16-19(24(31-17)26-23(29)21-10-7-15-30-21)22(18-8-5-6-9-20(18)25)28-13-11-27(4-2)12-14-28/h5-10,15-16,22H,3-4,11-14H2,1-2H3,(H,26,29)/t22-/m0/s1. The first kappa shape index (κ1) is 22.1. The summed E-state index contributed by atoms with van der Waals surface area (Å²) in [5.74, 6) is 0.0766. The molecule has 0 saturated carbocycles. The molecule has 1 saturated heterocycles. The molecule has 0 spiro atoms. The molecule has 1 fully saturated rings. The van der Waals surface area contributed by atoms with E-state index in [2.05, 4.69) is 41.1 Å². The predicted octanol–water partition coefficient (Wildman–Crippen LogP) is 5.54. The summed E-state index contributed by atoms with van der Waals surface area (Å²) in [6, 6.07) is 13.6. The Bertz CT molecular complexity index is 1010. The molecule has 3 aromatic rings. The summed E-state index contributed by atoms with van der Waals surface area (Å²) < 4.78 is 5.30. The van der Waals surface area contributed by atoms with E-state index in [1.165, 1.54) is 11.1 Å². The maximum Gasteiger partial charge on any atom is 0.291 e. The number of hydrogen-bond donors (Lipinski definition) is 1. The van der Waals surface area contributed by atoms with Crippen molar-refractivity contribution >= 4 is 33.8 Å². The molecule has 5 nitrogen and oxygen atoms in total. The fraction of sp³-hybridized carbons (Fsp3) is 0.375. The fourth-order valence-corrected chi connectivity index (χ4v) is 5.37. The van der Waals surface area contributed by atoms with Gasteiger partial charge in [-0.3, -0.25) is 9.69 Å². The highest BCUT2D eigenvalue weighted by molar-refractivity contribution is 7.16. The van der Waals surface area contributed by atoms with E-state index in [0.29, 0.717) is 5.76 Å². The van der Waals surface area contributed by atoms with Gasteiger partial charge in [0.05, 0.1) is 12.3 Å². The lowest BCUT2D eigenvalue weighted by molar-refractivity contribution is 0.0995. The lowest BCUT2D eigenvalue weighted by Gasteiger charge is -2.39. The zero-order chi connectivity index (χ0) is 21.8. The van der Waals surface area contributed by atoms with Gasteiger partial charge in [0.1, 0.15) is 5.00 Å². The Hall–Kier alpha value is -2.12. The predicted molar refractivity (Wildman–Crippen MR) is 127 cm³/mol. The number of benzene rings is 1. The second-order valence-electron chi connectivity index (χ2n) is 7.68. The third-order valence-electron chi connectivity index (χ3n) is 5.85. The van der Waals surface area contributed by atoms with Crippen molar-refractivity contribution < 1.29 is 9.21 Å². The molecule has 2 aromatic heterocycles. The number of halogens is 1. The van der Waals surface area contributed by atoms with Crippen LogP contribution < -0.4 is 5.32 Å². The summed E-state index contributed by atoms with van der Waals surface area (Å²) in [5, 5.41) is 4.71. The Morgan fingerprint density at radius 2 is 1.90 bits per heavy atom. The number of furan rings is 1. The van der Waals surface area contributed by atoms with Crippen LogP contribution in [-0.4, -0.2) is 48.4 Å². The van der Waals surface area contributed by atoms with Crippen molar-refractivity contribution in [3.63, 3.8) is 0 Å². The highest BCUT2D eigenvalue weighted by Gasteiger charge is 2.31. The van der Waals surface area contributed by atoms with Crippen LogP contribution in [0.2, 0.25) is 5.02 Å². The Labute approximate surface area is 192 Å². The van der Waals surface area contributed by atoms with Gasteiger partial charge in [0.2, 0.25) is 0 Å². The van der Waals surface area contributed by atoms with Crippen molar-refractivity contribution in [2.24, 2.45) is 0 Å². The number of anilines is 1. The van der Waals surface area contributed by atoms with Crippen LogP contribution in [-0.2, 0) is 6.42 Å². The van der Waals surface area contributed by atoms with Crippen molar-refractivity contribution in [1.29, 1.82) is 0 Å². The van der Waals surface area contributed by atoms with E-state index >= 15 is 0 Å². The molecule has 1 N–H and O–H groups in total. The lowest BCUT2D eigenvalue weighted by atomic mass is 9.97. The van der Waals surface area contributed by atoms with E-state index in [0.717, 1.165) is 60.3 Å². The molecule has 1 atom stereocenters. The number of aryl methyl sites for hydroxylation is 1. The van der Waals surface area contributed by atoms with Crippen LogP contribution in [0.4, 0.5) is 5.00 Å². The van der Waals surface area contributed by atoms with E-state index in [-0.39, 0.29) is 11.9 Å². The number of rotatable bonds is 7. The van der Waals surface area contributed by atoms with Crippen molar-refractivity contribution in [3.8, 4) is 0 Å². The highest BCUT2D eigenvalue weighted by atomic mass is 35.5. The zero-order valence-electron chi connectivity index (χ0n) is 17.9. The minimum atomic E-state index is -0.232. The second kappa shape index (κ2) is 10.0. The number of piperazine rings is 1. The van der Waals surface area contributed by atoms with Gasteiger partial charge in [0.15, 0.2) is 5.76 Å². The first-order valence-corrected chi connectivity index (χ1v) is 12.0. The maximum atomic E-state index is 12.8. The summed E-state index contributed by atoms with van der Waals surface area (Å²) in [7, 11) is 0. The molecule has 164 valence electrons. The van der Waals surface area contributed by atoms with Gasteiger partial charge in [-0.05, 0) is 42.8 Å². The molecule has 0 bridgehead atoms. The van der Waals surface area contributed by atoms with Gasteiger partial charge in [-0.1, -0.05) is 43.6 Å². The summed E-state index contributed by atoms with van der Waals surface area (Å²) in [6.45, 7) is 9.35. The molecule has 7 heteroatoms. The highest BCUT2D eigenvalue weighted by Crippen LogP contribution is 2.41. The molecule has 4 rings (SSSR count). The minimum Gasteiger partial charge on any atom is -0.459 e. The third kappa shape index (κ3) is 4.88. The van der Waals surface area contributed by atoms with Crippen LogP contribution in [0.5, 0.6) is 0 Å².